The van der Waals surface area contributed by atoms with Crippen molar-refractivity contribution in [1.29, 1.82) is 0 Å². The van der Waals surface area contributed by atoms with Gasteiger partial charge in [-0.25, -0.2) is 8.42 Å². The molecule has 0 aliphatic heterocycles. The fourth-order valence-electron chi connectivity index (χ4n) is 2.54. The molecule has 0 unspecified atom stereocenters. The zero-order valence-corrected chi connectivity index (χ0v) is 18.9. The van der Waals surface area contributed by atoms with E-state index in [-0.39, 0.29) is 46.0 Å². The maximum Gasteiger partial charge on any atom is 1.00 e. The molecule has 0 fully saturated rings. The predicted octanol–water partition coefficient (Wildman–Crippen LogP) is 0.424. The molecule has 0 aliphatic carbocycles. The number of hydrogen-bond acceptors (Lipinski definition) is 8. The molecule has 0 amide bonds. The van der Waals surface area contributed by atoms with Crippen LogP contribution < -0.4 is 29.6 Å². The Bertz CT molecular complexity index is 1320. The second kappa shape index (κ2) is 8.48. The van der Waals surface area contributed by atoms with E-state index in [1.165, 1.54) is 6.07 Å². The zero-order chi connectivity index (χ0) is 20.7. The molecule has 0 aliphatic rings. The van der Waals surface area contributed by atoms with E-state index in [9.17, 15) is 31.0 Å². The molecule has 0 bridgehead atoms. The standard InChI is InChI=1S/C17H14N2O7S2.Na/c1-10-2-5-12(6-3-10)18-19-17-14(20)7-4-11-8-13(27(21,22)23)9-15(16(11)17)28(24,25)26;/h2-9,20H,1H3,(H,21,22,23)(H,24,25,26);/q;+1/p-1. The Kier molecular flexibility index (Phi) is 6.85. The molecule has 12 heteroatoms. The predicted molar refractivity (Wildman–Crippen MR) is 98.7 cm³/mol. The summed E-state index contributed by atoms with van der Waals surface area (Å²) in [6.45, 7) is 1.87. The number of aromatic hydroxyl groups is 1. The Labute approximate surface area is 188 Å². The van der Waals surface area contributed by atoms with Crippen LogP contribution in [0.25, 0.3) is 10.8 Å². The van der Waals surface area contributed by atoms with Crippen LogP contribution >= 0.6 is 0 Å². The van der Waals surface area contributed by atoms with E-state index in [0.717, 1.165) is 17.7 Å². The Hall–Kier alpha value is -1.86. The molecule has 3 aromatic rings. The number of rotatable bonds is 4. The number of hydrogen-bond donors (Lipinski definition) is 2. The first-order chi connectivity index (χ1) is 13.0. The summed E-state index contributed by atoms with van der Waals surface area (Å²) in [4.78, 5) is -1.73. The van der Waals surface area contributed by atoms with E-state index >= 15 is 0 Å². The number of phenolic OH excluding ortho intramolecular Hbond substituents is 1. The van der Waals surface area contributed by atoms with Gasteiger partial charge in [0.2, 0.25) is 0 Å². The fraction of sp³-hybridized carbons (Fsp3) is 0.0588. The quantitative estimate of drug-likeness (QED) is 0.335. The summed E-state index contributed by atoms with van der Waals surface area (Å²) < 4.78 is 67.1. The van der Waals surface area contributed by atoms with Crippen molar-refractivity contribution >= 4 is 42.4 Å². The normalized spacial score (nSPS) is 12.2. The second-order valence-electron chi connectivity index (χ2n) is 5.92. The second-order valence-corrected chi connectivity index (χ2v) is 8.69. The van der Waals surface area contributed by atoms with E-state index in [4.69, 9.17) is 0 Å². The van der Waals surface area contributed by atoms with Crippen molar-refractivity contribution in [2.75, 3.05) is 0 Å². The summed E-state index contributed by atoms with van der Waals surface area (Å²) in [5, 5.41) is 17.6. The molecular weight excluding hydrogens is 431 g/mol. The third-order valence-corrected chi connectivity index (χ3v) is 5.56. The molecule has 0 spiro atoms. The van der Waals surface area contributed by atoms with Crippen molar-refractivity contribution < 1.29 is 60.6 Å². The van der Waals surface area contributed by atoms with Gasteiger partial charge in [0, 0.05) is 5.39 Å². The average molecular weight is 444 g/mol. The summed E-state index contributed by atoms with van der Waals surface area (Å²) in [7, 11) is -9.96. The first-order valence-corrected chi connectivity index (χ1v) is 10.5. The van der Waals surface area contributed by atoms with Crippen LogP contribution in [0.1, 0.15) is 5.56 Å². The molecule has 9 nitrogen and oxygen atoms in total. The molecule has 146 valence electrons. The van der Waals surface area contributed by atoms with E-state index in [1.807, 2.05) is 6.92 Å². The number of nitrogens with zero attached hydrogens (tertiary/aromatic N) is 2. The molecule has 3 aromatic carbocycles. The van der Waals surface area contributed by atoms with Gasteiger partial charge in [0.1, 0.15) is 26.5 Å². The van der Waals surface area contributed by atoms with E-state index in [0.29, 0.717) is 11.8 Å². The van der Waals surface area contributed by atoms with Gasteiger partial charge >= 0.3 is 29.6 Å². The molecule has 0 heterocycles. The molecule has 0 radical (unpaired) electrons. The molecular formula is C17H13N2NaO7S2. The van der Waals surface area contributed by atoms with Gasteiger partial charge in [-0.1, -0.05) is 23.8 Å². The maximum absolute atomic E-state index is 11.8. The Morgan fingerprint density at radius 2 is 1.55 bits per heavy atom. The smallest absolute Gasteiger partial charge is 0.744 e. The number of aryl methyl sites for hydroxylation is 1. The van der Waals surface area contributed by atoms with Crippen LogP contribution in [0.3, 0.4) is 0 Å². The fourth-order valence-corrected chi connectivity index (χ4v) is 3.90. The maximum atomic E-state index is 11.8. The van der Waals surface area contributed by atoms with Crippen LogP contribution in [-0.4, -0.2) is 31.0 Å². The van der Waals surface area contributed by atoms with Crippen molar-refractivity contribution in [2.24, 2.45) is 10.2 Å². The summed E-state index contributed by atoms with van der Waals surface area (Å²) in [6.07, 6.45) is 0. The van der Waals surface area contributed by atoms with Crippen LogP contribution in [0.15, 0.2) is 68.6 Å². The van der Waals surface area contributed by atoms with Crippen LogP contribution in [-0.2, 0) is 20.2 Å². The zero-order valence-electron chi connectivity index (χ0n) is 15.3. The Balaban J connectivity index is 0.00000300. The van der Waals surface area contributed by atoms with E-state index < -0.39 is 35.8 Å². The third kappa shape index (κ3) is 5.20. The van der Waals surface area contributed by atoms with Crippen LogP contribution in [0, 0.1) is 6.92 Å². The molecule has 29 heavy (non-hydrogen) atoms. The minimum Gasteiger partial charge on any atom is -0.744 e. The van der Waals surface area contributed by atoms with E-state index in [2.05, 4.69) is 10.2 Å². The summed E-state index contributed by atoms with van der Waals surface area (Å²) in [5.41, 5.74) is 1.08. The van der Waals surface area contributed by atoms with Crippen molar-refractivity contribution in [3.05, 3.63) is 54.1 Å². The molecule has 0 aromatic heterocycles. The van der Waals surface area contributed by atoms with Crippen LogP contribution in [0.2, 0.25) is 0 Å². The van der Waals surface area contributed by atoms with Gasteiger partial charge in [0.25, 0.3) is 10.1 Å². The van der Waals surface area contributed by atoms with Crippen molar-refractivity contribution in [2.45, 2.75) is 16.7 Å². The van der Waals surface area contributed by atoms with Gasteiger partial charge in [-0.2, -0.15) is 13.5 Å². The summed E-state index contributed by atoms with van der Waals surface area (Å²) in [6, 6.07) is 10.6. The number of benzene rings is 3. The van der Waals surface area contributed by atoms with E-state index in [1.54, 1.807) is 24.3 Å². The van der Waals surface area contributed by atoms with Crippen molar-refractivity contribution in [3.63, 3.8) is 0 Å². The number of fused-ring (bicyclic) bond motifs is 1. The molecule has 0 atom stereocenters. The minimum atomic E-state index is -5.00. The van der Waals surface area contributed by atoms with Crippen LogP contribution in [0.5, 0.6) is 5.75 Å². The van der Waals surface area contributed by atoms with Crippen LogP contribution in [0.4, 0.5) is 11.4 Å². The third-order valence-electron chi connectivity index (χ3n) is 3.87. The summed E-state index contributed by atoms with van der Waals surface area (Å²) >= 11 is 0. The van der Waals surface area contributed by atoms with Crippen molar-refractivity contribution in [3.8, 4) is 5.75 Å². The Morgan fingerprint density at radius 1 is 0.931 bits per heavy atom. The van der Waals surface area contributed by atoms with Gasteiger partial charge in [-0.15, -0.1) is 5.11 Å². The SMILES string of the molecule is Cc1ccc(N=Nc2c(O)ccc3cc(S(=O)(=O)[O-])cc(S(=O)(=O)O)c23)cc1.[Na+]. The van der Waals surface area contributed by atoms with Gasteiger partial charge in [-0.3, -0.25) is 4.55 Å². The summed E-state index contributed by atoms with van der Waals surface area (Å²) in [5.74, 6) is -0.453. The molecule has 3 rings (SSSR count). The number of phenols is 1. The Morgan fingerprint density at radius 3 is 2.10 bits per heavy atom. The molecule has 2 N–H and O–H groups in total. The van der Waals surface area contributed by atoms with Crippen molar-refractivity contribution in [1.82, 2.24) is 0 Å². The largest absolute Gasteiger partial charge is 1.00 e. The molecule has 0 saturated carbocycles. The molecule has 0 saturated heterocycles. The topological polar surface area (TPSA) is 157 Å². The average Bonchev–Trinajstić information content (AvgIpc) is 2.60. The van der Waals surface area contributed by atoms with Gasteiger partial charge in [0.15, 0.2) is 0 Å². The number of azo groups is 1. The monoisotopic (exact) mass is 444 g/mol. The van der Waals surface area contributed by atoms with Gasteiger partial charge < -0.3 is 9.66 Å². The first-order valence-electron chi connectivity index (χ1n) is 7.68. The van der Waals surface area contributed by atoms with Gasteiger partial charge in [-0.05, 0) is 42.6 Å². The first kappa shape index (κ1) is 23.4. The van der Waals surface area contributed by atoms with Gasteiger partial charge in [0.05, 0.1) is 10.6 Å². The minimum absolute atomic E-state index is 0.